The first-order valence-corrected chi connectivity index (χ1v) is 10.7. The van der Waals surface area contributed by atoms with E-state index in [9.17, 15) is 5.11 Å². The number of hydrogen-bond donors (Lipinski definition) is 1. The average molecular weight is 405 g/mol. The van der Waals surface area contributed by atoms with Crippen LogP contribution in [0.3, 0.4) is 0 Å². The molecule has 0 fully saturated rings. The second-order valence-electron chi connectivity index (χ2n) is 8.36. The number of hydrogen-bond acceptors (Lipinski definition) is 3. The minimum atomic E-state index is -0.656. The molecule has 0 saturated heterocycles. The lowest BCUT2D eigenvalue weighted by Crippen LogP contribution is -2.56. The van der Waals surface area contributed by atoms with Crippen molar-refractivity contribution in [1.29, 1.82) is 0 Å². The normalized spacial score (nSPS) is 21.0. The summed E-state index contributed by atoms with van der Waals surface area (Å²) in [6.45, 7) is 0.730. The Balaban J connectivity index is 1.62. The molecule has 1 N–H and O–H groups in total. The monoisotopic (exact) mass is 405 g/mol. The molecule has 6 rings (SSSR count). The summed E-state index contributed by atoms with van der Waals surface area (Å²) in [5.74, 6) is 1.19. The van der Waals surface area contributed by atoms with E-state index in [-0.39, 0.29) is 11.7 Å². The van der Waals surface area contributed by atoms with Crippen LogP contribution in [0.15, 0.2) is 103 Å². The summed E-state index contributed by atoms with van der Waals surface area (Å²) in [7, 11) is 0. The van der Waals surface area contributed by atoms with E-state index in [1.807, 2.05) is 18.2 Å². The standard InChI is InChI=1S/C28H23NO2/c30-22-15-16-24-25-18-28(31-27(24)17-22,21-11-5-2-6-12-21)29(19-20-9-3-1-4-10-20)26-14-8-7-13-23(25)26/h1-17,25,30H,18-19H2/t25-,28-/m1/s1. The molecule has 4 aromatic carbocycles. The molecular weight excluding hydrogens is 382 g/mol. The third-order valence-corrected chi connectivity index (χ3v) is 6.58. The summed E-state index contributed by atoms with van der Waals surface area (Å²) >= 11 is 0. The molecule has 31 heavy (non-hydrogen) atoms. The van der Waals surface area contributed by atoms with Crippen molar-refractivity contribution in [3.63, 3.8) is 0 Å². The molecule has 3 heteroatoms. The zero-order valence-electron chi connectivity index (χ0n) is 17.1. The minimum Gasteiger partial charge on any atom is -0.508 e. The van der Waals surface area contributed by atoms with Gasteiger partial charge in [0.05, 0.1) is 0 Å². The van der Waals surface area contributed by atoms with Gasteiger partial charge in [0.1, 0.15) is 11.5 Å². The Morgan fingerprint density at radius 3 is 2.32 bits per heavy atom. The number of para-hydroxylation sites is 1. The van der Waals surface area contributed by atoms with Crippen LogP contribution in [0.1, 0.15) is 34.6 Å². The third kappa shape index (κ3) is 2.81. The van der Waals surface area contributed by atoms with Gasteiger partial charge in [-0.1, -0.05) is 84.9 Å². The van der Waals surface area contributed by atoms with Gasteiger partial charge in [-0.15, -0.1) is 0 Å². The summed E-state index contributed by atoms with van der Waals surface area (Å²) in [5.41, 5.74) is 5.34. The maximum absolute atomic E-state index is 10.2. The zero-order valence-corrected chi connectivity index (χ0v) is 17.1. The summed E-state index contributed by atoms with van der Waals surface area (Å²) in [6, 6.07) is 35.2. The number of rotatable bonds is 3. The number of phenolic OH excluding ortho intramolecular Hbond substituents is 1. The van der Waals surface area contributed by atoms with Gasteiger partial charge in [0.15, 0.2) is 0 Å². The third-order valence-electron chi connectivity index (χ3n) is 6.58. The first-order valence-electron chi connectivity index (χ1n) is 10.7. The molecule has 0 amide bonds. The van der Waals surface area contributed by atoms with Crippen molar-refractivity contribution in [1.82, 2.24) is 0 Å². The maximum Gasteiger partial charge on any atom is 0.210 e. The summed E-state index contributed by atoms with van der Waals surface area (Å²) in [4.78, 5) is 2.40. The Morgan fingerprint density at radius 2 is 1.52 bits per heavy atom. The summed E-state index contributed by atoms with van der Waals surface area (Å²) in [5, 5.41) is 10.2. The van der Waals surface area contributed by atoms with Crippen LogP contribution in [0.25, 0.3) is 0 Å². The lowest BCUT2D eigenvalue weighted by atomic mass is 9.74. The van der Waals surface area contributed by atoms with Crippen LogP contribution >= 0.6 is 0 Å². The number of benzene rings is 4. The van der Waals surface area contributed by atoms with Crippen LogP contribution < -0.4 is 9.64 Å². The number of fused-ring (bicyclic) bond motifs is 6. The van der Waals surface area contributed by atoms with Crippen LogP contribution in [0.4, 0.5) is 5.69 Å². The van der Waals surface area contributed by atoms with E-state index in [0.29, 0.717) is 0 Å². The molecule has 0 aliphatic carbocycles. The van der Waals surface area contributed by atoms with Crippen molar-refractivity contribution in [2.45, 2.75) is 24.6 Å². The highest BCUT2D eigenvalue weighted by atomic mass is 16.5. The molecule has 2 heterocycles. The lowest BCUT2D eigenvalue weighted by Gasteiger charge is -2.54. The molecule has 0 aromatic heterocycles. The quantitative estimate of drug-likeness (QED) is 0.442. The van der Waals surface area contributed by atoms with Crippen molar-refractivity contribution in [3.8, 4) is 11.5 Å². The number of phenols is 1. The summed E-state index contributed by atoms with van der Waals surface area (Å²) in [6.07, 6.45) is 0.818. The van der Waals surface area contributed by atoms with Gasteiger partial charge in [0.25, 0.3) is 0 Å². The van der Waals surface area contributed by atoms with Gasteiger partial charge < -0.3 is 14.7 Å². The van der Waals surface area contributed by atoms with E-state index in [1.165, 1.54) is 16.8 Å². The molecule has 2 aliphatic heterocycles. The van der Waals surface area contributed by atoms with E-state index in [4.69, 9.17) is 4.74 Å². The first-order chi connectivity index (χ1) is 15.2. The SMILES string of the molecule is Oc1ccc2c(c1)O[C@@]1(c3ccccc3)C[C@@H]2c2ccccc2N1Cc1ccccc1. The molecule has 0 saturated carbocycles. The largest absolute Gasteiger partial charge is 0.508 e. The number of aromatic hydroxyl groups is 1. The van der Waals surface area contributed by atoms with Gasteiger partial charge in [-0.25, -0.2) is 0 Å². The summed E-state index contributed by atoms with van der Waals surface area (Å²) < 4.78 is 6.86. The molecular formula is C28H23NO2. The molecule has 2 bridgehead atoms. The highest BCUT2D eigenvalue weighted by molar-refractivity contribution is 5.66. The van der Waals surface area contributed by atoms with E-state index >= 15 is 0 Å². The topological polar surface area (TPSA) is 32.7 Å². The first kappa shape index (κ1) is 18.1. The molecule has 2 aliphatic rings. The van der Waals surface area contributed by atoms with Gasteiger partial charge in [-0.05, 0) is 23.3 Å². The fourth-order valence-corrected chi connectivity index (χ4v) is 5.18. The van der Waals surface area contributed by atoms with Crippen molar-refractivity contribution >= 4 is 5.69 Å². The smallest absolute Gasteiger partial charge is 0.210 e. The van der Waals surface area contributed by atoms with Crippen LogP contribution in [-0.4, -0.2) is 5.11 Å². The molecule has 0 spiro atoms. The predicted octanol–water partition coefficient (Wildman–Crippen LogP) is 6.18. The van der Waals surface area contributed by atoms with Gasteiger partial charge in [0.2, 0.25) is 5.72 Å². The van der Waals surface area contributed by atoms with E-state index in [0.717, 1.165) is 29.8 Å². The van der Waals surface area contributed by atoms with Gasteiger partial charge in [0, 0.05) is 41.8 Å². The molecule has 152 valence electrons. The van der Waals surface area contributed by atoms with Gasteiger partial charge in [-0.2, -0.15) is 0 Å². The lowest BCUT2D eigenvalue weighted by molar-refractivity contribution is 0.0237. The Hall–Kier alpha value is -3.72. The molecule has 0 unspecified atom stereocenters. The van der Waals surface area contributed by atoms with Gasteiger partial charge in [-0.3, -0.25) is 0 Å². The van der Waals surface area contributed by atoms with E-state index < -0.39 is 5.72 Å². The van der Waals surface area contributed by atoms with Crippen molar-refractivity contribution in [2.24, 2.45) is 0 Å². The van der Waals surface area contributed by atoms with Crippen molar-refractivity contribution in [3.05, 3.63) is 125 Å². The van der Waals surface area contributed by atoms with E-state index in [2.05, 4.69) is 77.7 Å². The second kappa shape index (κ2) is 6.92. The Kier molecular flexibility index (Phi) is 4.03. The predicted molar refractivity (Wildman–Crippen MR) is 122 cm³/mol. The van der Waals surface area contributed by atoms with Crippen LogP contribution in [0.5, 0.6) is 11.5 Å². The number of nitrogens with zero attached hydrogens (tertiary/aromatic N) is 1. The molecule has 2 atom stereocenters. The highest BCUT2D eigenvalue weighted by Crippen LogP contribution is 2.57. The molecule has 0 radical (unpaired) electrons. The van der Waals surface area contributed by atoms with Crippen LogP contribution in [0, 0.1) is 0 Å². The second-order valence-corrected chi connectivity index (χ2v) is 8.36. The minimum absolute atomic E-state index is 0.202. The molecule has 4 aromatic rings. The van der Waals surface area contributed by atoms with Crippen molar-refractivity contribution < 1.29 is 9.84 Å². The van der Waals surface area contributed by atoms with Crippen molar-refractivity contribution in [2.75, 3.05) is 4.90 Å². The average Bonchev–Trinajstić information content (AvgIpc) is 2.82. The van der Waals surface area contributed by atoms with Gasteiger partial charge >= 0.3 is 0 Å². The Bertz CT molecular complexity index is 1240. The number of anilines is 1. The fraction of sp³-hybridized carbons (Fsp3) is 0.143. The van der Waals surface area contributed by atoms with E-state index in [1.54, 1.807) is 12.1 Å². The fourth-order valence-electron chi connectivity index (χ4n) is 5.18. The number of ether oxygens (including phenoxy) is 1. The maximum atomic E-state index is 10.2. The van der Waals surface area contributed by atoms with Crippen LogP contribution in [0.2, 0.25) is 0 Å². The zero-order chi connectivity index (χ0) is 20.8. The molecule has 3 nitrogen and oxygen atoms in total. The van der Waals surface area contributed by atoms with Crippen LogP contribution in [-0.2, 0) is 12.3 Å². The Morgan fingerprint density at radius 1 is 0.806 bits per heavy atom. The highest BCUT2D eigenvalue weighted by Gasteiger charge is 2.52. The Labute approximate surface area is 182 Å².